The van der Waals surface area contributed by atoms with Crippen LogP contribution in [0.5, 0.6) is 5.75 Å². The van der Waals surface area contributed by atoms with E-state index in [4.69, 9.17) is 21.1 Å². The minimum atomic E-state index is -0.347. The van der Waals surface area contributed by atoms with Crippen LogP contribution in [0.15, 0.2) is 47.3 Å². The van der Waals surface area contributed by atoms with Crippen molar-refractivity contribution in [2.24, 2.45) is 7.05 Å². The topological polar surface area (TPSA) is 102 Å². The molecule has 3 heterocycles. The Morgan fingerprint density at radius 1 is 1.32 bits per heavy atom. The number of benzene rings is 1. The number of halogens is 1. The molecule has 4 rings (SSSR count). The predicted octanol–water partition coefficient (Wildman–Crippen LogP) is 1.99. The highest BCUT2D eigenvalue weighted by molar-refractivity contribution is 6.32. The second-order valence-electron chi connectivity index (χ2n) is 7.14. The summed E-state index contributed by atoms with van der Waals surface area (Å²) in [6, 6.07) is 12.0. The summed E-state index contributed by atoms with van der Waals surface area (Å²) >= 11 is 6.10. The highest BCUT2D eigenvalue weighted by atomic mass is 35.5. The fourth-order valence-electron chi connectivity index (χ4n) is 3.30. The van der Waals surface area contributed by atoms with E-state index in [1.54, 1.807) is 11.0 Å². The van der Waals surface area contributed by atoms with Gasteiger partial charge >= 0.3 is 0 Å². The van der Waals surface area contributed by atoms with Gasteiger partial charge < -0.3 is 14.4 Å². The van der Waals surface area contributed by atoms with Gasteiger partial charge in [-0.25, -0.2) is 4.68 Å². The molecule has 1 atom stereocenters. The number of amides is 1. The van der Waals surface area contributed by atoms with Crippen molar-refractivity contribution >= 4 is 17.5 Å². The van der Waals surface area contributed by atoms with Crippen LogP contribution < -0.4 is 10.3 Å². The lowest BCUT2D eigenvalue weighted by molar-refractivity contribution is -0.0250. The molecular weight excluding hydrogens is 422 g/mol. The summed E-state index contributed by atoms with van der Waals surface area (Å²) in [4.78, 5) is 26.0. The molecular formula is C21H22ClN5O4. The molecule has 0 aliphatic carbocycles. The van der Waals surface area contributed by atoms with Gasteiger partial charge in [0.05, 0.1) is 30.5 Å². The summed E-state index contributed by atoms with van der Waals surface area (Å²) in [6.07, 6.45) is 0.273. The molecule has 162 valence electrons. The second-order valence-corrected chi connectivity index (χ2v) is 7.55. The molecule has 10 heteroatoms. The van der Waals surface area contributed by atoms with E-state index < -0.39 is 0 Å². The number of H-pyrrole nitrogens is 1. The third-order valence-electron chi connectivity index (χ3n) is 4.98. The Morgan fingerprint density at radius 3 is 2.97 bits per heavy atom. The molecule has 1 N–H and O–H groups in total. The standard InChI is InChI=1S/C21H22ClN5O4/c1-26-20(28)7-6-16(25-26)21(29)27-9-11-31-19(13-27)17-12-14(23-24-17)8-10-30-18-5-3-2-4-15(18)22/h2-7,12,19H,8-11,13H2,1H3,(H,23,24)/t19-/m1/s1. The van der Waals surface area contributed by atoms with Crippen LogP contribution in [0.1, 0.15) is 28.0 Å². The lowest BCUT2D eigenvalue weighted by Gasteiger charge is -2.31. The van der Waals surface area contributed by atoms with Gasteiger partial charge in [0.25, 0.3) is 11.5 Å². The Labute approximate surface area is 183 Å². The van der Waals surface area contributed by atoms with E-state index in [0.29, 0.717) is 43.5 Å². The summed E-state index contributed by atoms with van der Waals surface area (Å²) in [5.41, 5.74) is 1.58. The van der Waals surface area contributed by atoms with Gasteiger partial charge in [-0.2, -0.15) is 10.2 Å². The molecule has 31 heavy (non-hydrogen) atoms. The van der Waals surface area contributed by atoms with Crippen molar-refractivity contribution in [3.8, 4) is 5.75 Å². The molecule has 1 aromatic carbocycles. The normalized spacial score (nSPS) is 16.3. The van der Waals surface area contributed by atoms with Crippen LogP contribution in [-0.2, 0) is 18.2 Å². The first-order valence-electron chi connectivity index (χ1n) is 9.88. The Morgan fingerprint density at radius 2 is 2.16 bits per heavy atom. The number of hydrogen-bond donors (Lipinski definition) is 1. The van der Waals surface area contributed by atoms with Gasteiger partial charge in [0, 0.05) is 31.8 Å². The Kier molecular flexibility index (Phi) is 6.34. The predicted molar refractivity (Wildman–Crippen MR) is 113 cm³/mol. The van der Waals surface area contributed by atoms with Crippen molar-refractivity contribution in [2.75, 3.05) is 26.3 Å². The van der Waals surface area contributed by atoms with Gasteiger partial charge in [0.1, 0.15) is 17.5 Å². The number of aromatic amines is 1. The van der Waals surface area contributed by atoms with Crippen LogP contribution in [0.2, 0.25) is 5.02 Å². The van der Waals surface area contributed by atoms with E-state index in [2.05, 4.69) is 15.3 Å². The molecule has 9 nitrogen and oxygen atoms in total. The Hall–Kier alpha value is -3.17. The van der Waals surface area contributed by atoms with Crippen molar-refractivity contribution in [3.05, 3.63) is 74.9 Å². The van der Waals surface area contributed by atoms with Gasteiger partial charge in [-0.05, 0) is 24.3 Å². The molecule has 0 spiro atoms. The Bertz CT molecular complexity index is 1130. The first-order valence-corrected chi connectivity index (χ1v) is 10.3. The highest BCUT2D eigenvalue weighted by Gasteiger charge is 2.28. The number of carbonyl (C=O) groups is 1. The molecule has 0 radical (unpaired) electrons. The number of aromatic nitrogens is 4. The largest absolute Gasteiger partial charge is 0.492 e. The third-order valence-corrected chi connectivity index (χ3v) is 5.29. The zero-order valence-electron chi connectivity index (χ0n) is 17.0. The fraction of sp³-hybridized carbons (Fsp3) is 0.333. The number of nitrogens with one attached hydrogen (secondary N) is 1. The monoisotopic (exact) mass is 443 g/mol. The van der Waals surface area contributed by atoms with Crippen molar-refractivity contribution < 1.29 is 14.3 Å². The number of para-hydroxylation sites is 1. The van der Waals surface area contributed by atoms with E-state index in [9.17, 15) is 9.59 Å². The molecule has 1 saturated heterocycles. The maximum absolute atomic E-state index is 12.8. The van der Waals surface area contributed by atoms with Gasteiger partial charge in [0.15, 0.2) is 0 Å². The molecule has 1 amide bonds. The average molecular weight is 444 g/mol. The van der Waals surface area contributed by atoms with Crippen LogP contribution in [0, 0.1) is 0 Å². The average Bonchev–Trinajstić information content (AvgIpc) is 3.26. The molecule has 1 fully saturated rings. The number of rotatable bonds is 6. The molecule has 0 saturated carbocycles. The van der Waals surface area contributed by atoms with Crippen LogP contribution in [0.25, 0.3) is 0 Å². The van der Waals surface area contributed by atoms with Crippen molar-refractivity contribution in [3.63, 3.8) is 0 Å². The molecule has 0 unspecified atom stereocenters. The lowest BCUT2D eigenvalue weighted by Crippen LogP contribution is -2.43. The summed E-state index contributed by atoms with van der Waals surface area (Å²) in [6.45, 7) is 1.63. The van der Waals surface area contributed by atoms with E-state index in [1.165, 1.54) is 19.2 Å². The lowest BCUT2D eigenvalue weighted by atomic mass is 10.1. The van der Waals surface area contributed by atoms with Crippen LogP contribution >= 0.6 is 11.6 Å². The van der Waals surface area contributed by atoms with E-state index in [0.717, 1.165) is 16.1 Å². The quantitative estimate of drug-likeness (QED) is 0.625. The fourth-order valence-corrected chi connectivity index (χ4v) is 3.49. The molecule has 2 aromatic heterocycles. The SMILES string of the molecule is Cn1nc(C(=O)N2CCO[C@@H](c3cc(CCOc4ccccc4Cl)[nH]n3)C2)ccc1=O. The van der Waals surface area contributed by atoms with Crippen molar-refractivity contribution in [2.45, 2.75) is 12.5 Å². The number of carbonyl (C=O) groups excluding carboxylic acids is 1. The highest BCUT2D eigenvalue weighted by Crippen LogP contribution is 2.24. The second kappa shape index (κ2) is 9.32. The molecule has 3 aromatic rings. The number of ether oxygens (including phenoxy) is 2. The molecule has 1 aliphatic heterocycles. The summed E-state index contributed by atoms with van der Waals surface area (Å²) in [5.74, 6) is 0.397. The smallest absolute Gasteiger partial charge is 0.274 e. The van der Waals surface area contributed by atoms with Crippen LogP contribution in [0.4, 0.5) is 0 Å². The zero-order valence-corrected chi connectivity index (χ0v) is 17.7. The van der Waals surface area contributed by atoms with Gasteiger partial charge in [0.2, 0.25) is 0 Å². The maximum atomic E-state index is 12.8. The van der Waals surface area contributed by atoms with Gasteiger partial charge in [-0.15, -0.1) is 0 Å². The molecule has 0 bridgehead atoms. The first-order chi connectivity index (χ1) is 15.0. The van der Waals surface area contributed by atoms with Crippen molar-refractivity contribution in [1.29, 1.82) is 0 Å². The minimum Gasteiger partial charge on any atom is -0.492 e. The van der Waals surface area contributed by atoms with Crippen molar-refractivity contribution in [1.82, 2.24) is 24.9 Å². The number of nitrogens with zero attached hydrogens (tertiary/aromatic N) is 4. The summed E-state index contributed by atoms with van der Waals surface area (Å²) < 4.78 is 12.7. The zero-order chi connectivity index (χ0) is 21.8. The minimum absolute atomic E-state index is 0.224. The number of morpholine rings is 1. The molecule has 1 aliphatic rings. The van der Waals surface area contributed by atoms with E-state index in [-0.39, 0.29) is 23.3 Å². The number of hydrogen-bond acceptors (Lipinski definition) is 6. The summed E-state index contributed by atoms with van der Waals surface area (Å²) in [7, 11) is 1.52. The number of aryl methyl sites for hydroxylation is 1. The van der Waals surface area contributed by atoms with Crippen LogP contribution in [0.3, 0.4) is 0 Å². The van der Waals surface area contributed by atoms with E-state index in [1.807, 2.05) is 24.3 Å². The third kappa shape index (κ3) is 4.95. The van der Waals surface area contributed by atoms with Gasteiger partial charge in [-0.3, -0.25) is 14.7 Å². The maximum Gasteiger partial charge on any atom is 0.274 e. The van der Waals surface area contributed by atoms with Crippen LogP contribution in [-0.4, -0.2) is 57.1 Å². The Balaban J connectivity index is 1.36. The summed E-state index contributed by atoms with van der Waals surface area (Å²) in [5, 5.41) is 12.0. The van der Waals surface area contributed by atoms with E-state index >= 15 is 0 Å². The first kappa shape index (κ1) is 21.1. The van der Waals surface area contributed by atoms with Gasteiger partial charge in [-0.1, -0.05) is 23.7 Å².